The summed E-state index contributed by atoms with van der Waals surface area (Å²) in [4.78, 5) is 36.7. The van der Waals surface area contributed by atoms with E-state index in [4.69, 9.17) is 24.7 Å². The summed E-state index contributed by atoms with van der Waals surface area (Å²) in [6.07, 6.45) is 2.20. The molecule has 2 aliphatic rings. The molecule has 0 aliphatic carbocycles. The van der Waals surface area contributed by atoms with Gasteiger partial charge in [0.1, 0.15) is 5.60 Å². The van der Waals surface area contributed by atoms with Crippen LogP contribution in [0.3, 0.4) is 0 Å². The SMILES string of the molecule is COCCNC(=O)OC(C)(C)C.COc1cc(/C=C2\SC(=O)NC2=O)c(N2CC[C@H](N)C2)cc1OC. The third kappa shape index (κ3) is 8.92. The predicted molar refractivity (Wildman–Crippen MR) is 140 cm³/mol. The number of nitrogens with zero attached hydrogens (tertiary/aromatic N) is 1. The molecule has 36 heavy (non-hydrogen) atoms. The van der Waals surface area contributed by atoms with Crippen LogP contribution >= 0.6 is 11.8 Å². The van der Waals surface area contributed by atoms with Crippen LogP contribution in [-0.2, 0) is 14.3 Å². The van der Waals surface area contributed by atoms with E-state index in [-0.39, 0.29) is 17.2 Å². The van der Waals surface area contributed by atoms with Crippen LogP contribution in [0.1, 0.15) is 32.8 Å². The van der Waals surface area contributed by atoms with Gasteiger partial charge in [0.2, 0.25) is 0 Å². The third-order valence-corrected chi connectivity index (χ3v) is 5.81. The van der Waals surface area contributed by atoms with Gasteiger partial charge in [-0.15, -0.1) is 0 Å². The Morgan fingerprint density at radius 3 is 2.39 bits per heavy atom. The van der Waals surface area contributed by atoms with Crippen molar-refractivity contribution >= 4 is 40.8 Å². The van der Waals surface area contributed by atoms with Crippen LogP contribution in [0.5, 0.6) is 11.5 Å². The molecule has 1 atom stereocenters. The third-order valence-electron chi connectivity index (χ3n) is 5.00. The summed E-state index contributed by atoms with van der Waals surface area (Å²) >= 11 is 0.890. The van der Waals surface area contributed by atoms with Gasteiger partial charge < -0.3 is 34.9 Å². The molecule has 2 saturated heterocycles. The number of imide groups is 1. The van der Waals surface area contributed by atoms with Crippen molar-refractivity contribution in [2.75, 3.05) is 52.5 Å². The Morgan fingerprint density at radius 1 is 1.22 bits per heavy atom. The first-order valence-electron chi connectivity index (χ1n) is 11.4. The number of methoxy groups -OCH3 is 3. The lowest BCUT2D eigenvalue weighted by Gasteiger charge is -2.22. The van der Waals surface area contributed by atoms with Crippen molar-refractivity contribution in [2.24, 2.45) is 5.73 Å². The zero-order chi connectivity index (χ0) is 26.9. The molecule has 2 aliphatic heterocycles. The lowest BCUT2D eigenvalue weighted by Crippen LogP contribution is -2.34. The van der Waals surface area contributed by atoms with Crippen molar-refractivity contribution in [3.63, 3.8) is 0 Å². The van der Waals surface area contributed by atoms with Crippen LogP contribution in [-0.4, -0.2) is 76.5 Å². The molecule has 1 aromatic rings. The van der Waals surface area contributed by atoms with Gasteiger partial charge in [-0.3, -0.25) is 14.9 Å². The Hall–Kier alpha value is -2.96. The van der Waals surface area contributed by atoms with Gasteiger partial charge in [0.05, 0.1) is 25.7 Å². The molecule has 3 rings (SSSR count). The summed E-state index contributed by atoms with van der Waals surface area (Å²) in [6, 6.07) is 3.80. The molecule has 0 bridgehead atoms. The van der Waals surface area contributed by atoms with Crippen molar-refractivity contribution in [1.82, 2.24) is 10.6 Å². The second-order valence-electron chi connectivity index (χ2n) is 9.03. The van der Waals surface area contributed by atoms with Gasteiger partial charge in [-0.2, -0.15) is 0 Å². The maximum absolute atomic E-state index is 11.8. The smallest absolute Gasteiger partial charge is 0.407 e. The van der Waals surface area contributed by atoms with Gasteiger partial charge >= 0.3 is 6.09 Å². The molecule has 11 nitrogen and oxygen atoms in total. The average molecular weight is 525 g/mol. The van der Waals surface area contributed by atoms with Crippen LogP contribution < -0.4 is 30.7 Å². The normalized spacial score (nSPS) is 18.5. The van der Waals surface area contributed by atoms with E-state index < -0.39 is 11.7 Å². The van der Waals surface area contributed by atoms with Crippen molar-refractivity contribution in [3.05, 3.63) is 22.6 Å². The van der Waals surface area contributed by atoms with Crippen LogP contribution in [0.4, 0.5) is 15.3 Å². The first kappa shape index (κ1) is 29.3. The molecule has 200 valence electrons. The second-order valence-corrected chi connectivity index (χ2v) is 10.0. The zero-order valence-electron chi connectivity index (χ0n) is 21.6. The van der Waals surface area contributed by atoms with Gasteiger partial charge in [-0.25, -0.2) is 4.79 Å². The van der Waals surface area contributed by atoms with Gasteiger partial charge in [-0.05, 0) is 51.1 Å². The fraction of sp³-hybridized carbons (Fsp3) is 0.542. The molecule has 12 heteroatoms. The number of nitrogens with one attached hydrogen (secondary N) is 2. The largest absolute Gasteiger partial charge is 0.493 e. The van der Waals surface area contributed by atoms with Crippen molar-refractivity contribution < 1.29 is 33.3 Å². The summed E-state index contributed by atoms with van der Waals surface area (Å²) in [7, 11) is 4.71. The number of carbonyl (C=O) groups excluding carboxylic acids is 3. The van der Waals surface area contributed by atoms with Gasteiger partial charge in [0.15, 0.2) is 11.5 Å². The molecule has 2 heterocycles. The maximum Gasteiger partial charge on any atom is 0.407 e. The van der Waals surface area contributed by atoms with E-state index in [9.17, 15) is 14.4 Å². The van der Waals surface area contributed by atoms with Gasteiger partial charge in [0.25, 0.3) is 11.1 Å². The number of rotatable bonds is 7. The Balaban J connectivity index is 0.000000324. The highest BCUT2D eigenvalue weighted by atomic mass is 32.2. The molecule has 0 saturated carbocycles. The molecular weight excluding hydrogens is 488 g/mol. The van der Waals surface area contributed by atoms with E-state index in [2.05, 4.69) is 15.5 Å². The summed E-state index contributed by atoms with van der Waals surface area (Å²) in [6.45, 7) is 7.99. The minimum Gasteiger partial charge on any atom is -0.493 e. The standard InChI is InChI=1S/C16H19N3O4S.C8H17NO3/c1-22-12-5-9(6-14-15(20)18-16(21)24-14)11(7-13(12)23-2)19-4-3-10(17)8-19;1-8(2,3)12-7(10)9-5-6-11-4/h5-7,10H,3-4,8,17H2,1-2H3,(H,18,20,21);5-6H2,1-4H3,(H,9,10)/b14-6-;/t10-;/m0./s1. The predicted octanol–water partition coefficient (Wildman–Crippen LogP) is 2.72. The minimum atomic E-state index is -0.433. The van der Waals surface area contributed by atoms with E-state index in [1.54, 1.807) is 27.4 Å². The van der Waals surface area contributed by atoms with Crippen LogP contribution in [0, 0.1) is 0 Å². The maximum atomic E-state index is 11.8. The first-order chi connectivity index (χ1) is 17.0. The summed E-state index contributed by atoms with van der Waals surface area (Å²) < 4.78 is 20.5. The molecule has 3 amide bonds. The van der Waals surface area contributed by atoms with Gasteiger partial charge in [-0.1, -0.05) is 0 Å². The van der Waals surface area contributed by atoms with E-state index in [1.807, 2.05) is 32.9 Å². The lowest BCUT2D eigenvalue weighted by atomic mass is 10.1. The number of nitrogens with two attached hydrogens (primary N) is 1. The molecule has 0 aromatic heterocycles. The average Bonchev–Trinajstić information content (AvgIpc) is 3.36. The van der Waals surface area contributed by atoms with Crippen LogP contribution in [0.25, 0.3) is 6.08 Å². The number of alkyl carbamates (subject to hydrolysis) is 1. The quantitative estimate of drug-likeness (QED) is 0.360. The Kier molecular flexibility index (Phi) is 10.9. The topological polar surface area (TPSA) is 141 Å². The highest BCUT2D eigenvalue weighted by Gasteiger charge is 2.27. The molecular formula is C24H36N4O7S. The summed E-state index contributed by atoms with van der Waals surface area (Å²) in [5.41, 5.74) is 7.27. The molecule has 0 radical (unpaired) electrons. The van der Waals surface area contributed by atoms with Crippen molar-refractivity contribution in [1.29, 1.82) is 0 Å². The van der Waals surface area contributed by atoms with E-state index >= 15 is 0 Å². The number of ether oxygens (including phenoxy) is 4. The first-order valence-corrected chi connectivity index (χ1v) is 12.3. The fourth-order valence-corrected chi connectivity index (χ4v) is 4.08. The Labute approximate surface area is 216 Å². The Bertz CT molecular complexity index is 978. The molecule has 0 spiro atoms. The number of amides is 3. The van der Waals surface area contributed by atoms with E-state index in [0.717, 1.165) is 42.5 Å². The fourth-order valence-electron chi connectivity index (χ4n) is 3.41. The number of benzene rings is 1. The minimum absolute atomic E-state index is 0.115. The molecule has 4 N–H and O–H groups in total. The number of thioether (sulfide) groups is 1. The zero-order valence-corrected chi connectivity index (χ0v) is 22.5. The molecule has 1 aromatic carbocycles. The highest BCUT2D eigenvalue weighted by molar-refractivity contribution is 8.18. The van der Waals surface area contributed by atoms with Crippen LogP contribution in [0.2, 0.25) is 0 Å². The van der Waals surface area contributed by atoms with Crippen molar-refractivity contribution in [3.8, 4) is 11.5 Å². The molecule has 0 unspecified atom stereocenters. The monoisotopic (exact) mass is 524 g/mol. The lowest BCUT2D eigenvalue weighted by molar-refractivity contribution is -0.115. The molecule has 2 fully saturated rings. The Morgan fingerprint density at radius 2 is 1.89 bits per heavy atom. The van der Waals surface area contributed by atoms with Crippen molar-refractivity contribution in [2.45, 2.75) is 38.8 Å². The summed E-state index contributed by atoms with van der Waals surface area (Å²) in [5, 5.41) is 4.45. The van der Waals surface area contributed by atoms with E-state index in [1.165, 1.54) is 0 Å². The van der Waals surface area contributed by atoms with Gasteiger partial charge in [0, 0.05) is 50.1 Å². The second kappa shape index (κ2) is 13.4. The summed E-state index contributed by atoms with van der Waals surface area (Å²) in [5.74, 6) is 0.782. The van der Waals surface area contributed by atoms with Crippen LogP contribution in [0.15, 0.2) is 17.0 Å². The number of hydrogen-bond acceptors (Lipinski definition) is 10. The highest BCUT2D eigenvalue weighted by Crippen LogP contribution is 2.38. The number of hydrogen-bond donors (Lipinski definition) is 3. The van der Waals surface area contributed by atoms with E-state index in [0.29, 0.717) is 29.6 Å². The number of carbonyl (C=O) groups is 3. The number of anilines is 1.